The Hall–Kier alpha value is -0.590. The SMILES string of the molecule is N#CCN1CCC[C@H](N2CCCCCC2)C1. The van der Waals surface area contributed by atoms with Crippen LogP contribution in [0, 0.1) is 11.3 Å². The number of likely N-dealkylation sites (tertiary alicyclic amines) is 2. The molecule has 2 saturated heterocycles. The van der Waals surface area contributed by atoms with E-state index in [2.05, 4.69) is 15.9 Å². The minimum atomic E-state index is 0.615. The molecule has 0 bridgehead atoms. The van der Waals surface area contributed by atoms with Gasteiger partial charge in [0.2, 0.25) is 0 Å². The Kier molecular flexibility index (Phi) is 4.62. The predicted octanol–water partition coefficient (Wildman–Crippen LogP) is 1.85. The normalized spacial score (nSPS) is 29.6. The summed E-state index contributed by atoms with van der Waals surface area (Å²) in [5.41, 5.74) is 0. The average molecular weight is 221 g/mol. The minimum absolute atomic E-state index is 0.615. The van der Waals surface area contributed by atoms with Crippen molar-refractivity contribution < 1.29 is 0 Å². The van der Waals surface area contributed by atoms with Gasteiger partial charge in [0.15, 0.2) is 0 Å². The van der Waals surface area contributed by atoms with Crippen molar-refractivity contribution in [1.29, 1.82) is 5.26 Å². The largest absolute Gasteiger partial charge is 0.299 e. The van der Waals surface area contributed by atoms with E-state index in [1.807, 2.05) is 0 Å². The zero-order valence-electron chi connectivity index (χ0n) is 10.2. The molecule has 16 heavy (non-hydrogen) atoms. The van der Waals surface area contributed by atoms with Gasteiger partial charge in [-0.05, 0) is 45.3 Å². The van der Waals surface area contributed by atoms with E-state index >= 15 is 0 Å². The van der Waals surface area contributed by atoms with E-state index in [-0.39, 0.29) is 0 Å². The molecule has 0 aromatic rings. The Morgan fingerprint density at radius 3 is 2.44 bits per heavy atom. The number of hydrogen-bond donors (Lipinski definition) is 0. The fraction of sp³-hybridized carbons (Fsp3) is 0.923. The van der Waals surface area contributed by atoms with E-state index in [9.17, 15) is 0 Å². The van der Waals surface area contributed by atoms with Crippen molar-refractivity contribution >= 4 is 0 Å². The molecule has 2 aliphatic heterocycles. The Balaban J connectivity index is 1.85. The number of hydrogen-bond acceptors (Lipinski definition) is 3. The van der Waals surface area contributed by atoms with Crippen molar-refractivity contribution in [2.24, 2.45) is 0 Å². The van der Waals surface area contributed by atoms with Gasteiger partial charge in [-0.1, -0.05) is 12.8 Å². The van der Waals surface area contributed by atoms with Crippen molar-refractivity contribution in [2.75, 3.05) is 32.7 Å². The van der Waals surface area contributed by atoms with Crippen LogP contribution in [0.1, 0.15) is 38.5 Å². The summed E-state index contributed by atoms with van der Waals surface area (Å²) in [5.74, 6) is 0. The molecule has 3 nitrogen and oxygen atoms in total. The van der Waals surface area contributed by atoms with Crippen LogP contribution in [0.15, 0.2) is 0 Å². The zero-order chi connectivity index (χ0) is 11.2. The topological polar surface area (TPSA) is 30.3 Å². The zero-order valence-corrected chi connectivity index (χ0v) is 10.2. The van der Waals surface area contributed by atoms with E-state index in [4.69, 9.17) is 5.26 Å². The van der Waals surface area contributed by atoms with Crippen molar-refractivity contribution in [3.63, 3.8) is 0 Å². The number of rotatable bonds is 2. The van der Waals surface area contributed by atoms with E-state index in [0.29, 0.717) is 6.54 Å². The van der Waals surface area contributed by atoms with E-state index in [1.54, 1.807) is 0 Å². The molecule has 0 amide bonds. The maximum absolute atomic E-state index is 8.75. The first kappa shape index (κ1) is 11.9. The van der Waals surface area contributed by atoms with Gasteiger partial charge < -0.3 is 0 Å². The molecule has 90 valence electrons. The van der Waals surface area contributed by atoms with Gasteiger partial charge in [0, 0.05) is 12.6 Å². The highest BCUT2D eigenvalue weighted by Crippen LogP contribution is 2.19. The molecule has 1 atom stereocenters. The van der Waals surface area contributed by atoms with E-state index in [0.717, 1.165) is 19.1 Å². The highest BCUT2D eigenvalue weighted by atomic mass is 15.2. The van der Waals surface area contributed by atoms with Crippen LogP contribution in [0.4, 0.5) is 0 Å². The maximum Gasteiger partial charge on any atom is 0.0866 e. The van der Waals surface area contributed by atoms with Crippen LogP contribution >= 0.6 is 0 Å². The van der Waals surface area contributed by atoms with Crippen LogP contribution in [0.25, 0.3) is 0 Å². The van der Waals surface area contributed by atoms with Crippen molar-refractivity contribution in [1.82, 2.24) is 9.80 Å². The Morgan fingerprint density at radius 1 is 1.00 bits per heavy atom. The summed E-state index contributed by atoms with van der Waals surface area (Å²) in [7, 11) is 0. The number of piperidine rings is 1. The van der Waals surface area contributed by atoms with Crippen molar-refractivity contribution in [2.45, 2.75) is 44.6 Å². The number of nitriles is 1. The van der Waals surface area contributed by atoms with Crippen LogP contribution < -0.4 is 0 Å². The van der Waals surface area contributed by atoms with Crippen LogP contribution in [0.3, 0.4) is 0 Å². The summed E-state index contributed by atoms with van der Waals surface area (Å²) in [4.78, 5) is 5.00. The summed E-state index contributed by atoms with van der Waals surface area (Å²) in [6.07, 6.45) is 8.16. The highest BCUT2D eigenvalue weighted by Gasteiger charge is 2.25. The van der Waals surface area contributed by atoms with Gasteiger partial charge in [-0.2, -0.15) is 5.26 Å². The summed E-state index contributed by atoms with van der Waals surface area (Å²) in [5, 5.41) is 8.75. The third-order valence-corrected chi connectivity index (χ3v) is 3.93. The molecule has 0 aromatic carbocycles. The second kappa shape index (κ2) is 6.22. The quantitative estimate of drug-likeness (QED) is 0.667. The van der Waals surface area contributed by atoms with Crippen molar-refractivity contribution in [3.8, 4) is 6.07 Å². The molecular weight excluding hydrogens is 198 g/mol. The van der Waals surface area contributed by atoms with E-state index < -0.39 is 0 Å². The van der Waals surface area contributed by atoms with E-state index in [1.165, 1.54) is 51.6 Å². The summed E-state index contributed by atoms with van der Waals surface area (Å²) < 4.78 is 0. The molecule has 0 spiro atoms. The molecule has 2 aliphatic rings. The maximum atomic E-state index is 8.75. The molecule has 2 rings (SSSR count). The summed E-state index contributed by atoms with van der Waals surface area (Å²) >= 11 is 0. The van der Waals surface area contributed by atoms with Crippen LogP contribution in [0.2, 0.25) is 0 Å². The summed E-state index contributed by atoms with van der Waals surface area (Å²) in [6, 6.07) is 3.00. The van der Waals surface area contributed by atoms with Gasteiger partial charge in [-0.3, -0.25) is 9.80 Å². The average Bonchev–Trinajstić information content (AvgIpc) is 2.58. The second-order valence-electron chi connectivity index (χ2n) is 5.14. The fourth-order valence-corrected chi connectivity index (χ4v) is 3.03. The third-order valence-electron chi connectivity index (χ3n) is 3.93. The first-order valence-electron chi connectivity index (χ1n) is 6.73. The smallest absolute Gasteiger partial charge is 0.0866 e. The lowest BCUT2D eigenvalue weighted by atomic mass is 10.0. The molecule has 0 saturated carbocycles. The molecule has 3 heteroatoms. The molecule has 0 aromatic heterocycles. The van der Waals surface area contributed by atoms with Gasteiger partial charge in [0.1, 0.15) is 0 Å². The Bertz CT molecular complexity index is 238. The fourth-order valence-electron chi connectivity index (χ4n) is 3.03. The molecule has 2 heterocycles. The molecule has 0 unspecified atom stereocenters. The standard InChI is InChI=1S/C13H23N3/c14-7-11-15-8-5-6-13(12-15)16-9-3-1-2-4-10-16/h13H,1-6,8-12H2/t13-/m0/s1. The second-order valence-corrected chi connectivity index (χ2v) is 5.14. The monoisotopic (exact) mass is 221 g/mol. The van der Waals surface area contributed by atoms with Crippen molar-refractivity contribution in [3.05, 3.63) is 0 Å². The minimum Gasteiger partial charge on any atom is -0.299 e. The first-order chi connectivity index (χ1) is 7.90. The lowest BCUT2D eigenvalue weighted by molar-refractivity contribution is 0.108. The molecule has 0 radical (unpaired) electrons. The third kappa shape index (κ3) is 3.20. The predicted molar refractivity (Wildman–Crippen MR) is 65.1 cm³/mol. The van der Waals surface area contributed by atoms with Gasteiger partial charge >= 0.3 is 0 Å². The van der Waals surface area contributed by atoms with Gasteiger partial charge in [-0.25, -0.2) is 0 Å². The summed E-state index contributed by atoms with van der Waals surface area (Å²) in [6.45, 7) is 5.42. The lowest BCUT2D eigenvalue weighted by Crippen LogP contribution is -2.48. The Labute approximate surface area is 99.0 Å². The highest BCUT2D eigenvalue weighted by molar-refractivity contribution is 4.86. The lowest BCUT2D eigenvalue weighted by Gasteiger charge is -2.38. The molecule has 0 N–H and O–H groups in total. The number of nitrogens with zero attached hydrogens (tertiary/aromatic N) is 3. The Morgan fingerprint density at radius 2 is 1.75 bits per heavy atom. The van der Waals surface area contributed by atoms with Crippen LogP contribution in [0.5, 0.6) is 0 Å². The van der Waals surface area contributed by atoms with Gasteiger partial charge in [0.05, 0.1) is 12.6 Å². The molecule has 2 fully saturated rings. The van der Waals surface area contributed by atoms with Gasteiger partial charge in [0.25, 0.3) is 0 Å². The first-order valence-corrected chi connectivity index (χ1v) is 6.73. The molecule has 0 aliphatic carbocycles. The van der Waals surface area contributed by atoms with Crippen LogP contribution in [-0.2, 0) is 0 Å². The van der Waals surface area contributed by atoms with Crippen LogP contribution in [-0.4, -0.2) is 48.6 Å². The molecular formula is C13H23N3. The van der Waals surface area contributed by atoms with Gasteiger partial charge in [-0.15, -0.1) is 0 Å².